The molecule has 3 heteroatoms. The van der Waals surface area contributed by atoms with E-state index in [4.69, 9.17) is 11.6 Å². The number of rotatable bonds is 3. The van der Waals surface area contributed by atoms with Gasteiger partial charge in [-0.05, 0) is 53.7 Å². The van der Waals surface area contributed by atoms with Crippen molar-refractivity contribution in [3.8, 4) is 5.75 Å². The molecule has 2 nitrogen and oxygen atoms in total. The highest BCUT2D eigenvalue weighted by Crippen LogP contribution is 2.62. The molecule has 0 aromatic heterocycles. The van der Waals surface area contributed by atoms with Crippen LogP contribution in [0.15, 0.2) is 18.2 Å². The van der Waals surface area contributed by atoms with E-state index in [1.54, 1.807) is 6.07 Å². The predicted octanol–water partition coefficient (Wildman–Crippen LogP) is 4.35. The summed E-state index contributed by atoms with van der Waals surface area (Å²) in [4.78, 5) is 0. The minimum atomic E-state index is 0.155. The summed E-state index contributed by atoms with van der Waals surface area (Å²) in [6, 6.07) is 6.03. The van der Waals surface area contributed by atoms with Gasteiger partial charge in [-0.25, -0.2) is 0 Å². The quantitative estimate of drug-likeness (QED) is 0.868. The van der Waals surface area contributed by atoms with E-state index in [1.807, 2.05) is 12.1 Å². The van der Waals surface area contributed by atoms with E-state index >= 15 is 0 Å². The minimum Gasteiger partial charge on any atom is -0.506 e. The van der Waals surface area contributed by atoms with Crippen LogP contribution in [0.1, 0.15) is 45.6 Å². The number of benzene rings is 1. The average Bonchev–Trinajstić information content (AvgIpc) is 2.84. The van der Waals surface area contributed by atoms with Gasteiger partial charge in [0.2, 0.25) is 0 Å². The lowest BCUT2D eigenvalue weighted by molar-refractivity contribution is 0.108. The van der Waals surface area contributed by atoms with Crippen LogP contribution in [0.25, 0.3) is 0 Å². The molecule has 0 radical (unpaired) electrons. The van der Waals surface area contributed by atoms with E-state index in [9.17, 15) is 5.11 Å². The Kier molecular flexibility index (Phi) is 3.30. The normalized spacial score (nSPS) is 34.6. The molecule has 0 aliphatic heterocycles. The van der Waals surface area contributed by atoms with Crippen LogP contribution in [-0.4, -0.2) is 11.1 Å². The highest BCUT2D eigenvalue weighted by Gasteiger charge is 2.58. The monoisotopic (exact) mass is 293 g/mol. The Balaban J connectivity index is 1.73. The fourth-order valence-corrected chi connectivity index (χ4v) is 4.89. The Morgan fingerprint density at radius 1 is 1.35 bits per heavy atom. The summed E-state index contributed by atoms with van der Waals surface area (Å²) in [5, 5.41) is 13.7. The van der Waals surface area contributed by atoms with Gasteiger partial charge in [-0.2, -0.15) is 0 Å². The SMILES string of the molecule is CC12CCC(C1)C(C)(C)C2NCc1ccc(O)c(Cl)c1. The molecule has 3 atom stereocenters. The fourth-order valence-electron chi connectivity index (χ4n) is 4.69. The zero-order valence-electron chi connectivity index (χ0n) is 12.5. The lowest BCUT2D eigenvalue weighted by Crippen LogP contribution is -2.49. The molecule has 110 valence electrons. The number of hydrogen-bond acceptors (Lipinski definition) is 2. The van der Waals surface area contributed by atoms with Crippen LogP contribution in [0.5, 0.6) is 5.75 Å². The summed E-state index contributed by atoms with van der Waals surface area (Å²) in [6.45, 7) is 8.06. The zero-order chi connectivity index (χ0) is 14.5. The van der Waals surface area contributed by atoms with Gasteiger partial charge in [0, 0.05) is 12.6 Å². The molecule has 0 saturated heterocycles. The van der Waals surface area contributed by atoms with Gasteiger partial charge in [-0.3, -0.25) is 0 Å². The Bertz CT molecular complexity index is 523. The van der Waals surface area contributed by atoms with Crippen LogP contribution >= 0.6 is 11.6 Å². The van der Waals surface area contributed by atoms with Crippen LogP contribution in [0.4, 0.5) is 0 Å². The molecule has 2 N–H and O–H groups in total. The largest absolute Gasteiger partial charge is 0.506 e. The molecule has 20 heavy (non-hydrogen) atoms. The second-order valence-electron chi connectivity index (χ2n) is 7.51. The van der Waals surface area contributed by atoms with Crippen molar-refractivity contribution in [3.05, 3.63) is 28.8 Å². The molecule has 1 aromatic rings. The summed E-state index contributed by atoms with van der Waals surface area (Å²) >= 11 is 5.98. The van der Waals surface area contributed by atoms with Gasteiger partial charge in [0.15, 0.2) is 0 Å². The number of hydrogen-bond donors (Lipinski definition) is 2. The number of phenols is 1. The van der Waals surface area contributed by atoms with Gasteiger partial charge < -0.3 is 10.4 Å². The van der Waals surface area contributed by atoms with Crippen molar-refractivity contribution in [1.29, 1.82) is 0 Å². The topological polar surface area (TPSA) is 32.3 Å². The maximum atomic E-state index is 9.48. The molecule has 2 aliphatic rings. The van der Waals surface area contributed by atoms with Crippen molar-refractivity contribution in [3.63, 3.8) is 0 Å². The van der Waals surface area contributed by atoms with E-state index in [-0.39, 0.29) is 5.75 Å². The number of aromatic hydroxyl groups is 1. The van der Waals surface area contributed by atoms with E-state index in [1.165, 1.54) is 19.3 Å². The third-order valence-electron chi connectivity index (χ3n) is 5.79. The summed E-state index contributed by atoms with van der Waals surface area (Å²) in [6.07, 6.45) is 4.08. The first-order chi connectivity index (χ1) is 9.33. The van der Waals surface area contributed by atoms with E-state index in [0.717, 1.165) is 18.0 Å². The Hall–Kier alpha value is -0.730. The summed E-state index contributed by atoms with van der Waals surface area (Å²) in [5.41, 5.74) is 1.94. The van der Waals surface area contributed by atoms with Gasteiger partial charge in [0.25, 0.3) is 0 Å². The van der Waals surface area contributed by atoms with Crippen LogP contribution in [0.2, 0.25) is 5.02 Å². The Morgan fingerprint density at radius 3 is 2.70 bits per heavy atom. The second-order valence-corrected chi connectivity index (χ2v) is 7.92. The lowest BCUT2D eigenvalue weighted by Gasteiger charge is -2.43. The molecule has 2 bridgehead atoms. The maximum Gasteiger partial charge on any atom is 0.134 e. The van der Waals surface area contributed by atoms with Crippen molar-refractivity contribution < 1.29 is 5.11 Å². The van der Waals surface area contributed by atoms with Crippen molar-refractivity contribution in [1.82, 2.24) is 5.32 Å². The number of phenolic OH excluding ortho intramolecular Hbond substituents is 1. The molecule has 3 rings (SSSR count). The predicted molar refractivity (Wildman–Crippen MR) is 83.0 cm³/mol. The molecule has 2 fully saturated rings. The maximum absolute atomic E-state index is 9.48. The first kappa shape index (κ1) is 14.2. The molecule has 2 aliphatic carbocycles. The standard InChI is InChI=1S/C17H24ClNO/c1-16(2)12-6-7-17(3,9-12)15(16)19-10-11-4-5-14(20)13(18)8-11/h4-5,8,12,15,19-20H,6-7,9-10H2,1-3H3. The van der Waals surface area contributed by atoms with E-state index < -0.39 is 0 Å². The number of nitrogens with one attached hydrogen (secondary N) is 1. The molecule has 0 heterocycles. The summed E-state index contributed by atoms with van der Waals surface area (Å²) in [7, 11) is 0. The molecule has 3 unspecified atom stereocenters. The molecule has 0 spiro atoms. The third kappa shape index (κ3) is 2.14. The van der Waals surface area contributed by atoms with Crippen LogP contribution < -0.4 is 5.32 Å². The minimum absolute atomic E-state index is 0.155. The van der Waals surface area contributed by atoms with E-state index in [2.05, 4.69) is 26.1 Å². The van der Waals surface area contributed by atoms with Crippen LogP contribution in [0, 0.1) is 16.7 Å². The Morgan fingerprint density at radius 2 is 2.10 bits per heavy atom. The first-order valence-corrected chi connectivity index (χ1v) is 7.91. The van der Waals surface area contributed by atoms with Crippen LogP contribution in [0.3, 0.4) is 0 Å². The highest BCUT2D eigenvalue weighted by atomic mass is 35.5. The van der Waals surface area contributed by atoms with Crippen molar-refractivity contribution >= 4 is 11.6 Å². The average molecular weight is 294 g/mol. The fraction of sp³-hybridized carbons (Fsp3) is 0.647. The van der Waals surface area contributed by atoms with Gasteiger partial charge in [0.1, 0.15) is 5.75 Å². The van der Waals surface area contributed by atoms with Crippen molar-refractivity contribution in [2.45, 2.75) is 52.6 Å². The first-order valence-electron chi connectivity index (χ1n) is 7.54. The lowest BCUT2D eigenvalue weighted by atomic mass is 9.68. The smallest absolute Gasteiger partial charge is 0.134 e. The van der Waals surface area contributed by atoms with Crippen LogP contribution in [-0.2, 0) is 6.54 Å². The summed E-state index contributed by atoms with van der Waals surface area (Å²) < 4.78 is 0. The second kappa shape index (κ2) is 4.64. The van der Waals surface area contributed by atoms with Gasteiger partial charge in [-0.15, -0.1) is 0 Å². The van der Waals surface area contributed by atoms with Crippen molar-refractivity contribution in [2.24, 2.45) is 16.7 Å². The third-order valence-corrected chi connectivity index (χ3v) is 6.09. The number of fused-ring (bicyclic) bond motifs is 2. The molecule has 0 amide bonds. The summed E-state index contributed by atoms with van der Waals surface area (Å²) in [5.74, 6) is 1.01. The molecule has 2 saturated carbocycles. The van der Waals surface area contributed by atoms with Gasteiger partial charge >= 0.3 is 0 Å². The van der Waals surface area contributed by atoms with Gasteiger partial charge in [-0.1, -0.05) is 38.4 Å². The highest BCUT2D eigenvalue weighted by molar-refractivity contribution is 6.32. The van der Waals surface area contributed by atoms with Crippen molar-refractivity contribution in [2.75, 3.05) is 0 Å². The molecular formula is C17H24ClNO. The molecule has 1 aromatic carbocycles. The van der Waals surface area contributed by atoms with E-state index in [0.29, 0.717) is 21.9 Å². The van der Waals surface area contributed by atoms with Gasteiger partial charge in [0.05, 0.1) is 5.02 Å². The number of halogens is 1. The Labute approximate surface area is 126 Å². The zero-order valence-corrected chi connectivity index (χ0v) is 13.3. The molecular weight excluding hydrogens is 270 g/mol.